The van der Waals surface area contributed by atoms with Crippen LogP contribution in [-0.4, -0.2) is 33.7 Å². The van der Waals surface area contributed by atoms with Gasteiger partial charge in [-0.15, -0.1) is 5.10 Å². The highest BCUT2D eigenvalue weighted by molar-refractivity contribution is 7.52. The first-order chi connectivity index (χ1) is 13.2. The summed E-state index contributed by atoms with van der Waals surface area (Å²) >= 11 is 0. The molecule has 0 amide bonds. The second-order valence-electron chi connectivity index (χ2n) is 10.1. The third kappa shape index (κ3) is 4.09. The highest BCUT2D eigenvalue weighted by Crippen LogP contribution is 2.66. The molecule has 0 aromatic carbocycles. The zero-order valence-electron chi connectivity index (χ0n) is 17.7. The number of hydrogen-bond acceptors (Lipinski definition) is 6. The molecule has 0 saturated heterocycles. The molecule has 28 heavy (non-hydrogen) atoms. The Bertz CT molecular complexity index is 738. The minimum atomic E-state index is -3.17. The summed E-state index contributed by atoms with van der Waals surface area (Å²) in [7, 11) is -3.17. The molecule has 1 N–H and O–H groups in total. The van der Waals surface area contributed by atoms with E-state index in [2.05, 4.69) is 29.5 Å². The number of hydrogen-bond donors (Lipinski definition) is 1. The Balaban J connectivity index is 1.41. The van der Waals surface area contributed by atoms with Gasteiger partial charge in [-0.3, -0.25) is 4.57 Å². The average Bonchev–Trinajstić information content (AvgIpc) is 2.97. The second kappa shape index (κ2) is 7.19. The summed E-state index contributed by atoms with van der Waals surface area (Å²) in [5.41, 5.74) is 2.09. The minimum absolute atomic E-state index is 0.102. The molecule has 1 heterocycles. The van der Waals surface area contributed by atoms with Gasteiger partial charge in [0.25, 0.3) is 0 Å². The molecular formula is C20H35N4O3P. The van der Waals surface area contributed by atoms with Gasteiger partial charge >= 0.3 is 7.60 Å². The van der Waals surface area contributed by atoms with Crippen LogP contribution in [-0.2, 0) is 26.4 Å². The number of rotatable bonds is 9. The first kappa shape index (κ1) is 20.5. The molecule has 4 fully saturated rings. The molecule has 4 aliphatic rings. The number of nitrogens with zero attached hydrogens (tertiary/aromatic N) is 3. The molecule has 1 aromatic rings. The van der Waals surface area contributed by atoms with Crippen LogP contribution in [0.15, 0.2) is 6.20 Å². The van der Waals surface area contributed by atoms with E-state index in [-0.39, 0.29) is 11.8 Å². The summed E-state index contributed by atoms with van der Waals surface area (Å²) in [5.74, 6) is 0.859. The van der Waals surface area contributed by atoms with Gasteiger partial charge < -0.3 is 14.4 Å². The first-order valence-corrected chi connectivity index (χ1v) is 12.4. The Morgan fingerprint density at radius 1 is 1.14 bits per heavy atom. The lowest BCUT2D eigenvalue weighted by atomic mass is 9.43. The molecule has 2 unspecified atom stereocenters. The van der Waals surface area contributed by atoms with Crippen molar-refractivity contribution in [3.8, 4) is 0 Å². The molecule has 4 bridgehead atoms. The molecule has 4 aliphatic carbocycles. The zero-order valence-corrected chi connectivity index (χ0v) is 18.6. The molecule has 8 heteroatoms. The summed E-state index contributed by atoms with van der Waals surface area (Å²) in [6.07, 6.45) is 9.95. The molecule has 1 aromatic heterocycles. The predicted octanol–water partition coefficient (Wildman–Crippen LogP) is 4.34. The molecule has 158 valence electrons. The van der Waals surface area contributed by atoms with E-state index in [4.69, 9.17) is 9.05 Å². The lowest BCUT2D eigenvalue weighted by molar-refractivity contribution is -0.118. The van der Waals surface area contributed by atoms with Crippen molar-refractivity contribution in [2.75, 3.05) is 13.2 Å². The lowest BCUT2D eigenvalue weighted by Crippen LogP contribution is -2.63. The van der Waals surface area contributed by atoms with Crippen molar-refractivity contribution in [2.24, 2.45) is 16.7 Å². The van der Waals surface area contributed by atoms with Gasteiger partial charge in [-0.05, 0) is 69.1 Å². The van der Waals surface area contributed by atoms with E-state index >= 15 is 0 Å². The lowest BCUT2D eigenvalue weighted by Gasteiger charge is -2.65. The van der Waals surface area contributed by atoms with Crippen molar-refractivity contribution < 1.29 is 13.6 Å². The fourth-order valence-corrected chi connectivity index (χ4v) is 8.62. The zero-order chi connectivity index (χ0) is 20.0. The summed E-state index contributed by atoms with van der Waals surface area (Å²) in [4.78, 5) is 0. The monoisotopic (exact) mass is 410 g/mol. The molecular weight excluding hydrogens is 375 g/mol. The van der Waals surface area contributed by atoms with Gasteiger partial charge in [-0.1, -0.05) is 19.1 Å². The van der Waals surface area contributed by atoms with Gasteiger partial charge in [0.15, 0.2) is 0 Å². The molecule has 7 nitrogen and oxygen atoms in total. The van der Waals surface area contributed by atoms with Gasteiger partial charge in [-0.2, -0.15) is 0 Å². The van der Waals surface area contributed by atoms with Gasteiger partial charge in [-0.25, -0.2) is 4.68 Å². The SMILES string of the molecule is CCOP(=O)(Cn1cc(CNC23CC4CC(C)(CC(C)(C4)C2)C3)nn1)OCC. The van der Waals surface area contributed by atoms with Crippen LogP contribution in [0, 0.1) is 16.7 Å². The topological polar surface area (TPSA) is 78.3 Å². The van der Waals surface area contributed by atoms with Crippen molar-refractivity contribution in [1.29, 1.82) is 0 Å². The molecule has 5 rings (SSSR count). The van der Waals surface area contributed by atoms with Crippen molar-refractivity contribution in [3.05, 3.63) is 11.9 Å². The maximum absolute atomic E-state index is 12.7. The van der Waals surface area contributed by atoms with E-state index in [1.807, 2.05) is 20.0 Å². The van der Waals surface area contributed by atoms with Crippen LogP contribution in [0.1, 0.15) is 71.9 Å². The number of nitrogens with one attached hydrogen (secondary N) is 1. The van der Waals surface area contributed by atoms with Gasteiger partial charge in [0.05, 0.1) is 25.1 Å². The van der Waals surface area contributed by atoms with Crippen molar-refractivity contribution in [3.63, 3.8) is 0 Å². The Morgan fingerprint density at radius 3 is 2.36 bits per heavy atom. The fourth-order valence-electron chi connectivity index (χ4n) is 7.10. The van der Waals surface area contributed by atoms with Crippen molar-refractivity contribution in [1.82, 2.24) is 20.3 Å². The standard InChI is InChI=1S/C20H35N4O3P/c1-5-26-28(25,27-6-2)15-24-11-17(22-23-24)10-21-20-9-16-7-18(3,13-20)12-19(4,8-16)14-20/h11,16,21H,5-10,12-15H2,1-4H3. The van der Waals surface area contributed by atoms with Gasteiger partial charge in [0, 0.05) is 12.1 Å². The van der Waals surface area contributed by atoms with E-state index in [1.165, 1.54) is 38.5 Å². The normalized spacial score (nSPS) is 36.9. The Hall–Kier alpha value is -0.750. The first-order valence-electron chi connectivity index (χ1n) is 10.7. The Labute approximate surface area is 168 Å². The Kier molecular flexibility index (Phi) is 5.27. The van der Waals surface area contributed by atoms with E-state index < -0.39 is 7.60 Å². The highest BCUT2D eigenvalue weighted by atomic mass is 31.2. The van der Waals surface area contributed by atoms with Crippen LogP contribution in [0.5, 0.6) is 0 Å². The van der Waals surface area contributed by atoms with E-state index in [0.29, 0.717) is 30.6 Å². The summed E-state index contributed by atoms with van der Waals surface area (Å²) < 4.78 is 25.0. The fraction of sp³-hybridized carbons (Fsp3) is 0.900. The summed E-state index contributed by atoms with van der Waals surface area (Å²) in [6, 6.07) is 0. The van der Waals surface area contributed by atoms with E-state index in [1.54, 1.807) is 4.68 Å². The molecule has 0 radical (unpaired) electrons. The van der Waals surface area contributed by atoms with E-state index in [9.17, 15) is 4.57 Å². The predicted molar refractivity (Wildman–Crippen MR) is 108 cm³/mol. The quantitative estimate of drug-likeness (QED) is 0.610. The largest absolute Gasteiger partial charge is 0.351 e. The van der Waals surface area contributed by atoms with Crippen LogP contribution < -0.4 is 5.32 Å². The van der Waals surface area contributed by atoms with Crippen LogP contribution in [0.4, 0.5) is 0 Å². The maximum atomic E-state index is 12.7. The van der Waals surface area contributed by atoms with Crippen LogP contribution in [0.3, 0.4) is 0 Å². The maximum Gasteiger partial charge on any atom is 0.351 e. The van der Waals surface area contributed by atoms with Gasteiger partial charge in [0.1, 0.15) is 6.29 Å². The Morgan fingerprint density at radius 2 is 1.79 bits per heavy atom. The van der Waals surface area contributed by atoms with Crippen LogP contribution in [0.2, 0.25) is 0 Å². The van der Waals surface area contributed by atoms with Crippen LogP contribution >= 0.6 is 7.60 Å². The van der Waals surface area contributed by atoms with Gasteiger partial charge in [0.2, 0.25) is 0 Å². The molecule has 0 aliphatic heterocycles. The van der Waals surface area contributed by atoms with Crippen molar-refractivity contribution >= 4 is 7.60 Å². The molecule has 2 atom stereocenters. The van der Waals surface area contributed by atoms with Crippen LogP contribution in [0.25, 0.3) is 0 Å². The third-order valence-electron chi connectivity index (χ3n) is 6.83. The average molecular weight is 410 g/mol. The minimum Gasteiger partial charge on any atom is -0.308 e. The highest BCUT2D eigenvalue weighted by Gasteiger charge is 2.59. The summed E-state index contributed by atoms with van der Waals surface area (Å²) in [6.45, 7) is 10.0. The van der Waals surface area contributed by atoms with E-state index in [0.717, 1.165) is 11.6 Å². The second-order valence-corrected chi connectivity index (χ2v) is 12.1. The van der Waals surface area contributed by atoms with Crippen molar-refractivity contribution in [2.45, 2.75) is 84.6 Å². The number of aromatic nitrogens is 3. The summed E-state index contributed by atoms with van der Waals surface area (Å²) in [5, 5.41) is 12.3. The molecule has 0 spiro atoms. The molecule has 4 saturated carbocycles. The third-order valence-corrected chi connectivity index (χ3v) is 8.77. The smallest absolute Gasteiger partial charge is 0.308 e.